The number of ether oxygens (including phenoxy) is 2. The highest BCUT2D eigenvalue weighted by Crippen LogP contribution is 2.46. The Balaban J connectivity index is 1.38. The number of carbonyl (C=O) groups is 2. The third-order valence-corrected chi connectivity index (χ3v) is 8.26. The maximum atomic E-state index is 13.1. The molecule has 3 aromatic heterocycles. The Bertz CT molecular complexity index is 1130. The quantitative estimate of drug-likeness (QED) is 0.569. The average molecular weight is 458 g/mol. The number of amides is 1. The average Bonchev–Trinajstić information content (AvgIpc) is 3.45. The minimum absolute atomic E-state index is 0.157. The normalized spacial score (nSPS) is 25.6. The molecule has 1 amide bonds. The van der Waals surface area contributed by atoms with Crippen LogP contribution in [0.2, 0.25) is 0 Å². The number of methoxy groups -OCH3 is 1. The summed E-state index contributed by atoms with van der Waals surface area (Å²) in [6.45, 7) is 0.688. The molecule has 7 nitrogen and oxygen atoms in total. The van der Waals surface area contributed by atoms with Crippen LogP contribution in [-0.2, 0) is 16.1 Å². The van der Waals surface area contributed by atoms with Gasteiger partial charge >= 0.3 is 5.97 Å². The smallest absolute Gasteiger partial charge is 0.352 e. The second kappa shape index (κ2) is 7.89. The first kappa shape index (κ1) is 20.4. The van der Waals surface area contributed by atoms with Gasteiger partial charge in [-0.3, -0.25) is 9.69 Å². The summed E-state index contributed by atoms with van der Waals surface area (Å²) in [5, 5.41) is 4.93. The van der Waals surface area contributed by atoms with E-state index in [1.165, 1.54) is 24.0 Å². The second-order valence-electron chi connectivity index (χ2n) is 8.14. The van der Waals surface area contributed by atoms with Crippen LogP contribution in [0.4, 0.5) is 0 Å². The predicted molar refractivity (Wildman–Crippen MR) is 119 cm³/mol. The van der Waals surface area contributed by atoms with Crippen molar-refractivity contribution in [2.75, 3.05) is 7.11 Å². The minimum atomic E-state index is -0.776. The number of hydrogen-bond acceptors (Lipinski definition) is 8. The maximum Gasteiger partial charge on any atom is 0.352 e. The van der Waals surface area contributed by atoms with E-state index in [1.54, 1.807) is 17.5 Å². The Labute approximate surface area is 187 Å². The SMILES string of the molecule is COc1c(C(=O)OC2CC3CCC(C(N)=O)(C2)N3Cc2ccsc2)sc2ncccc12. The van der Waals surface area contributed by atoms with Crippen molar-refractivity contribution in [3.63, 3.8) is 0 Å². The summed E-state index contributed by atoms with van der Waals surface area (Å²) in [5.41, 5.74) is 6.32. The molecule has 2 N–H and O–H groups in total. The van der Waals surface area contributed by atoms with Crippen molar-refractivity contribution in [1.29, 1.82) is 0 Å². The standard InChI is InChI=1S/C22H23N3O4S2/c1-28-17-16-3-2-7-24-19(16)31-18(17)20(26)29-15-9-14-4-6-22(10-15,21(23)27)25(14)11-13-5-8-30-12-13/h2-3,5,7-8,12,14-15H,4,6,9-11H2,1H3,(H2,23,27). The lowest BCUT2D eigenvalue weighted by Gasteiger charge is -2.45. The number of hydrogen-bond donors (Lipinski definition) is 1. The molecule has 2 fully saturated rings. The van der Waals surface area contributed by atoms with Gasteiger partial charge in [-0.15, -0.1) is 11.3 Å². The molecule has 5 heterocycles. The first-order chi connectivity index (χ1) is 15.0. The highest BCUT2D eigenvalue weighted by molar-refractivity contribution is 7.20. The molecule has 2 aliphatic rings. The van der Waals surface area contributed by atoms with E-state index in [2.05, 4.69) is 21.3 Å². The summed E-state index contributed by atoms with van der Waals surface area (Å²) in [5.74, 6) is -0.287. The third-order valence-electron chi connectivity index (χ3n) is 6.46. The summed E-state index contributed by atoms with van der Waals surface area (Å²) in [4.78, 5) is 33.3. The van der Waals surface area contributed by atoms with Crippen LogP contribution in [0.15, 0.2) is 35.2 Å². The molecule has 0 spiro atoms. The molecule has 3 aromatic rings. The van der Waals surface area contributed by atoms with Crippen LogP contribution in [0.25, 0.3) is 10.2 Å². The van der Waals surface area contributed by atoms with Gasteiger partial charge < -0.3 is 15.2 Å². The van der Waals surface area contributed by atoms with E-state index >= 15 is 0 Å². The number of primary amides is 1. The van der Waals surface area contributed by atoms with Crippen LogP contribution in [0.3, 0.4) is 0 Å². The fourth-order valence-corrected chi connectivity index (χ4v) is 6.70. The zero-order chi connectivity index (χ0) is 21.6. The van der Waals surface area contributed by atoms with Crippen molar-refractivity contribution < 1.29 is 19.1 Å². The van der Waals surface area contributed by atoms with Gasteiger partial charge in [0.15, 0.2) is 10.6 Å². The molecular formula is C22H23N3O4S2. The van der Waals surface area contributed by atoms with Gasteiger partial charge in [0, 0.05) is 31.6 Å². The zero-order valence-corrected chi connectivity index (χ0v) is 18.7. The van der Waals surface area contributed by atoms with Gasteiger partial charge in [0.2, 0.25) is 5.91 Å². The molecule has 162 valence electrons. The van der Waals surface area contributed by atoms with Crippen LogP contribution >= 0.6 is 22.7 Å². The number of fused-ring (bicyclic) bond motifs is 3. The third kappa shape index (κ3) is 3.40. The summed E-state index contributed by atoms with van der Waals surface area (Å²) in [6, 6.07) is 5.92. The molecule has 2 bridgehead atoms. The molecule has 2 aliphatic heterocycles. The summed E-state index contributed by atoms with van der Waals surface area (Å²) in [7, 11) is 1.54. The molecule has 0 aromatic carbocycles. The first-order valence-electron chi connectivity index (χ1n) is 10.2. The predicted octanol–water partition coefficient (Wildman–Crippen LogP) is 3.57. The van der Waals surface area contributed by atoms with E-state index in [0.717, 1.165) is 16.6 Å². The van der Waals surface area contributed by atoms with Gasteiger partial charge in [-0.2, -0.15) is 11.3 Å². The Kier molecular flexibility index (Phi) is 5.19. The molecule has 0 saturated carbocycles. The molecule has 0 radical (unpaired) electrons. The highest BCUT2D eigenvalue weighted by atomic mass is 32.1. The fourth-order valence-electron chi connectivity index (χ4n) is 5.05. The van der Waals surface area contributed by atoms with Gasteiger partial charge in [-0.05, 0) is 47.4 Å². The van der Waals surface area contributed by atoms with E-state index in [1.807, 2.05) is 17.5 Å². The van der Waals surface area contributed by atoms with Crippen molar-refractivity contribution in [1.82, 2.24) is 9.88 Å². The number of rotatable bonds is 6. The van der Waals surface area contributed by atoms with Crippen LogP contribution < -0.4 is 10.5 Å². The number of carbonyl (C=O) groups excluding carboxylic acids is 2. The van der Waals surface area contributed by atoms with E-state index in [-0.39, 0.29) is 18.1 Å². The van der Waals surface area contributed by atoms with Crippen molar-refractivity contribution >= 4 is 44.8 Å². The molecule has 31 heavy (non-hydrogen) atoms. The summed E-state index contributed by atoms with van der Waals surface area (Å²) >= 11 is 2.90. The topological polar surface area (TPSA) is 94.8 Å². The monoisotopic (exact) mass is 457 g/mol. The summed E-state index contributed by atoms with van der Waals surface area (Å²) in [6.07, 6.45) is 3.99. The molecule has 2 saturated heterocycles. The largest absolute Gasteiger partial charge is 0.494 e. The van der Waals surface area contributed by atoms with E-state index in [0.29, 0.717) is 36.4 Å². The molecule has 3 unspecified atom stereocenters. The molecule has 9 heteroatoms. The zero-order valence-electron chi connectivity index (χ0n) is 17.1. The lowest BCUT2D eigenvalue weighted by molar-refractivity contribution is -0.136. The minimum Gasteiger partial charge on any atom is -0.494 e. The lowest BCUT2D eigenvalue weighted by atomic mass is 9.85. The van der Waals surface area contributed by atoms with Crippen molar-refractivity contribution in [2.24, 2.45) is 5.73 Å². The number of pyridine rings is 1. The van der Waals surface area contributed by atoms with Gasteiger partial charge in [0.05, 0.1) is 12.5 Å². The van der Waals surface area contributed by atoms with Crippen LogP contribution in [0.1, 0.15) is 40.9 Å². The number of esters is 1. The molecule has 0 aliphatic carbocycles. The van der Waals surface area contributed by atoms with E-state index in [4.69, 9.17) is 15.2 Å². The maximum absolute atomic E-state index is 13.1. The van der Waals surface area contributed by atoms with Crippen molar-refractivity contribution in [2.45, 2.75) is 49.9 Å². The lowest BCUT2D eigenvalue weighted by Crippen LogP contribution is -2.60. The molecule has 5 rings (SSSR count). The van der Waals surface area contributed by atoms with Crippen LogP contribution in [0.5, 0.6) is 5.75 Å². The van der Waals surface area contributed by atoms with E-state index in [9.17, 15) is 9.59 Å². The van der Waals surface area contributed by atoms with Crippen LogP contribution in [0, 0.1) is 0 Å². The second-order valence-corrected chi connectivity index (χ2v) is 9.91. The number of nitrogens with zero attached hydrogens (tertiary/aromatic N) is 2. The Morgan fingerprint density at radius 3 is 3.00 bits per heavy atom. The van der Waals surface area contributed by atoms with Gasteiger partial charge in [0.1, 0.15) is 16.5 Å². The number of aromatic nitrogens is 1. The summed E-state index contributed by atoms with van der Waals surface area (Å²) < 4.78 is 11.4. The van der Waals surface area contributed by atoms with E-state index < -0.39 is 11.5 Å². The fraction of sp³-hybridized carbons (Fsp3) is 0.409. The number of nitrogens with two attached hydrogens (primary N) is 1. The highest BCUT2D eigenvalue weighted by Gasteiger charge is 2.56. The Morgan fingerprint density at radius 1 is 1.39 bits per heavy atom. The Morgan fingerprint density at radius 2 is 2.26 bits per heavy atom. The number of piperidine rings is 1. The van der Waals surface area contributed by atoms with Crippen molar-refractivity contribution in [3.8, 4) is 5.75 Å². The molecule has 3 atom stereocenters. The number of thiophene rings is 2. The van der Waals surface area contributed by atoms with Gasteiger partial charge in [-0.1, -0.05) is 0 Å². The first-order valence-corrected chi connectivity index (χ1v) is 12.0. The molecular weight excluding hydrogens is 434 g/mol. The van der Waals surface area contributed by atoms with Crippen molar-refractivity contribution in [3.05, 3.63) is 45.6 Å². The van der Waals surface area contributed by atoms with Crippen LogP contribution in [-0.4, -0.2) is 46.6 Å². The van der Waals surface area contributed by atoms with Gasteiger partial charge in [0.25, 0.3) is 0 Å². The Hall–Kier alpha value is -2.49. The van der Waals surface area contributed by atoms with Gasteiger partial charge in [-0.25, -0.2) is 9.78 Å².